The molecule has 2 nitrogen and oxygen atoms in total. The molecule has 0 aromatic heterocycles. The SMILES string of the molecule is CCNC1c2ccccc2CC1N1CCC(C)CC1C. The van der Waals surface area contributed by atoms with Gasteiger partial charge >= 0.3 is 0 Å². The Balaban J connectivity index is 1.83. The first-order valence-electron chi connectivity index (χ1n) is 8.27. The van der Waals surface area contributed by atoms with E-state index >= 15 is 0 Å². The van der Waals surface area contributed by atoms with E-state index in [9.17, 15) is 0 Å². The zero-order valence-electron chi connectivity index (χ0n) is 13.1. The normalized spacial score (nSPS) is 34.1. The number of nitrogens with one attached hydrogen (secondary N) is 1. The van der Waals surface area contributed by atoms with Crippen LogP contribution in [0.2, 0.25) is 0 Å². The van der Waals surface area contributed by atoms with E-state index in [1.54, 1.807) is 5.56 Å². The first-order valence-corrected chi connectivity index (χ1v) is 8.27. The molecule has 20 heavy (non-hydrogen) atoms. The molecule has 1 saturated heterocycles. The zero-order chi connectivity index (χ0) is 14.1. The highest BCUT2D eigenvalue weighted by Gasteiger charge is 2.38. The summed E-state index contributed by atoms with van der Waals surface area (Å²) in [5.41, 5.74) is 3.08. The number of rotatable bonds is 3. The van der Waals surface area contributed by atoms with Crippen LogP contribution in [0.1, 0.15) is 50.8 Å². The van der Waals surface area contributed by atoms with Crippen molar-refractivity contribution in [2.24, 2.45) is 5.92 Å². The van der Waals surface area contributed by atoms with Crippen molar-refractivity contribution in [2.75, 3.05) is 13.1 Å². The lowest BCUT2D eigenvalue weighted by molar-refractivity contribution is 0.0677. The second-order valence-electron chi connectivity index (χ2n) is 6.72. The van der Waals surface area contributed by atoms with Crippen LogP contribution in [0.4, 0.5) is 0 Å². The van der Waals surface area contributed by atoms with Crippen molar-refractivity contribution in [3.63, 3.8) is 0 Å². The van der Waals surface area contributed by atoms with Crippen LogP contribution in [0.15, 0.2) is 24.3 Å². The van der Waals surface area contributed by atoms with E-state index in [-0.39, 0.29) is 0 Å². The molecule has 1 fully saturated rings. The van der Waals surface area contributed by atoms with E-state index in [0.717, 1.165) is 18.5 Å². The minimum atomic E-state index is 0.520. The van der Waals surface area contributed by atoms with Gasteiger partial charge in [-0.05, 0) is 56.3 Å². The first kappa shape index (κ1) is 14.1. The Hall–Kier alpha value is -0.860. The predicted molar refractivity (Wildman–Crippen MR) is 84.9 cm³/mol. The Labute approximate surface area is 123 Å². The molecule has 0 spiro atoms. The van der Waals surface area contributed by atoms with E-state index in [4.69, 9.17) is 0 Å². The van der Waals surface area contributed by atoms with Gasteiger partial charge in [-0.1, -0.05) is 38.1 Å². The summed E-state index contributed by atoms with van der Waals surface area (Å²) in [6.45, 7) is 9.36. The number of benzene rings is 1. The van der Waals surface area contributed by atoms with E-state index in [1.165, 1.54) is 31.4 Å². The van der Waals surface area contributed by atoms with Gasteiger partial charge in [-0.25, -0.2) is 0 Å². The highest BCUT2D eigenvalue weighted by atomic mass is 15.2. The number of likely N-dealkylation sites (N-methyl/N-ethyl adjacent to an activating group) is 1. The largest absolute Gasteiger partial charge is 0.309 e. The van der Waals surface area contributed by atoms with Crippen LogP contribution < -0.4 is 5.32 Å². The van der Waals surface area contributed by atoms with Crippen molar-refractivity contribution in [1.82, 2.24) is 10.2 Å². The zero-order valence-corrected chi connectivity index (χ0v) is 13.1. The molecule has 1 N–H and O–H groups in total. The standard InChI is InChI=1S/C18H28N2/c1-4-19-18-16-8-6-5-7-15(16)12-17(18)20-10-9-13(2)11-14(20)3/h5-8,13-14,17-19H,4,9-12H2,1-3H3. The lowest BCUT2D eigenvalue weighted by Crippen LogP contribution is -2.50. The third-order valence-corrected chi connectivity index (χ3v) is 5.24. The second-order valence-corrected chi connectivity index (χ2v) is 6.72. The van der Waals surface area contributed by atoms with Gasteiger partial charge in [-0.15, -0.1) is 0 Å². The molecule has 1 aromatic rings. The maximum absolute atomic E-state index is 3.74. The van der Waals surface area contributed by atoms with Gasteiger partial charge in [-0.2, -0.15) is 0 Å². The van der Waals surface area contributed by atoms with E-state index < -0.39 is 0 Å². The molecule has 1 heterocycles. The minimum Gasteiger partial charge on any atom is -0.309 e. The number of hydrogen-bond donors (Lipinski definition) is 1. The summed E-state index contributed by atoms with van der Waals surface area (Å²) in [5.74, 6) is 0.891. The monoisotopic (exact) mass is 272 g/mol. The predicted octanol–water partition coefficient (Wildman–Crippen LogP) is 3.38. The molecule has 2 heteroatoms. The van der Waals surface area contributed by atoms with Crippen LogP contribution in [0.3, 0.4) is 0 Å². The van der Waals surface area contributed by atoms with Crippen molar-refractivity contribution >= 4 is 0 Å². The Morgan fingerprint density at radius 1 is 1.25 bits per heavy atom. The average Bonchev–Trinajstić information content (AvgIpc) is 2.78. The minimum absolute atomic E-state index is 0.520. The molecule has 0 saturated carbocycles. The quantitative estimate of drug-likeness (QED) is 0.907. The highest BCUT2D eigenvalue weighted by Crippen LogP contribution is 2.37. The maximum atomic E-state index is 3.74. The van der Waals surface area contributed by atoms with Crippen LogP contribution in [-0.2, 0) is 6.42 Å². The number of fused-ring (bicyclic) bond motifs is 1. The Morgan fingerprint density at radius 3 is 2.80 bits per heavy atom. The Bertz CT molecular complexity index is 456. The molecule has 1 aliphatic carbocycles. The molecule has 0 amide bonds. The topological polar surface area (TPSA) is 15.3 Å². The number of piperidine rings is 1. The summed E-state index contributed by atoms with van der Waals surface area (Å²) in [4.78, 5) is 2.77. The van der Waals surface area contributed by atoms with Gasteiger partial charge in [-0.3, -0.25) is 4.90 Å². The number of hydrogen-bond acceptors (Lipinski definition) is 2. The lowest BCUT2D eigenvalue weighted by atomic mass is 9.91. The third kappa shape index (κ3) is 2.51. The van der Waals surface area contributed by atoms with Gasteiger partial charge in [0.1, 0.15) is 0 Å². The number of nitrogens with zero attached hydrogens (tertiary/aromatic N) is 1. The third-order valence-electron chi connectivity index (χ3n) is 5.24. The molecule has 1 aromatic carbocycles. The fourth-order valence-electron chi connectivity index (χ4n) is 4.27. The van der Waals surface area contributed by atoms with Gasteiger partial charge in [0.25, 0.3) is 0 Å². The van der Waals surface area contributed by atoms with Gasteiger partial charge in [0.2, 0.25) is 0 Å². The molecule has 4 unspecified atom stereocenters. The van der Waals surface area contributed by atoms with Crippen LogP contribution >= 0.6 is 0 Å². The van der Waals surface area contributed by atoms with Crippen molar-refractivity contribution in [2.45, 2.75) is 58.2 Å². The maximum Gasteiger partial charge on any atom is 0.0484 e. The fraction of sp³-hybridized carbons (Fsp3) is 0.667. The fourth-order valence-corrected chi connectivity index (χ4v) is 4.27. The van der Waals surface area contributed by atoms with Gasteiger partial charge in [0.15, 0.2) is 0 Å². The molecule has 2 aliphatic rings. The molecule has 0 radical (unpaired) electrons. The smallest absolute Gasteiger partial charge is 0.0484 e. The summed E-state index contributed by atoms with van der Waals surface area (Å²) >= 11 is 0. The summed E-state index contributed by atoms with van der Waals surface area (Å²) < 4.78 is 0. The second kappa shape index (κ2) is 5.87. The summed E-state index contributed by atoms with van der Waals surface area (Å²) in [7, 11) is 0. The summed E-state index contributed by atoms with van der Waals surface area (Å²) in [6, 6.07) is 10.9. The van der Waals surface area contributed by atoms with Crippen LogP contribution in [0, 0.1) is 5.92 Å². The summed E-state index contributed by atoms with van der Waals surface area (Å²) in [5, 5.41) is 3.74. The molecule has 110 valence electrons. The van der Waals surface area contributed by atoms with E-state index in [1.807, 2.05) is 0 Å². The Morgan fingerprint density at radius 2 is 2.05 bits per heavy atom. The lowest BCUT2D eigenvalue weighted by Gasteiger charge is -2.42. The molecular formula is C18H28N2. The van der Waals surface area contributed by atoms with Crippen molar-refractivity contribution < 1.29 is 0 Å². The molecule has 1 aliphatic heterocycles. The first-order chi connectivity index (χ1) is 9.70. The molecular weight excluding hydrogens is 244 g/mol. The molecule has 0 bridgehead atoms. The van der Waals surface area contributed by atoms with Gasteiger partial charge in [0, 0.05) is 18.1 Å². The van der Waals surface area contributed by atoms with Crippen LogP contribution in [0.5, 0.6) is 0 Å². The van der Waals surface area contributed by atoms with Gasteiger partial charge in [0.05, 0.1) is 0 Å². The number of likely N-dealkylation sites (tertiary alicyclic amines) is 1. The molecule has 3 rings (SSSR count). The van der Waals surface area contributed by atoms with E-state index in [2.05, 4.69) is 55.3 Å². The van der Waals surface area contributed by atoms with E-state index in [0.29, 0.717) is 12.1 Å². The Kier molecular flexibility index (Phi) is 4.13. The van der Waals surface area contributed by atoms with Crippen LogP contribution in [-0.4, -0.2) is 30.1 Å². The average molecular weight is 272 g/mol. The van der Waals surface area contributed by atoms with Crippen molar-refractivity contribution in [3.05, 3.63) is 35.4 Å². The van der Waals surface area contributed by atoms with Crippen molar-refractivity contribution in [3.8, 4) is 0 Å². The highest BCUT2D eigenvalue weighted by molar-refractivity contribution is 5.37. The van der Waals surface area contributed by atoms with Crippen LogP contribution in [0.25, 0.3) is 0 Å². The molecule has 4 atom stereocenters. The van der Waals surface area contributed by atoms with Gasteiger partial charge < -0.3 is 5.32 Å². The van der Waals surface area contributed by atoms with Crippen molar-refractivity contribution in [1.29, 1.82) is 0 Å². The summed E-state index contributed by atoms with van der Waals surface area (Å²) in [6.07, 6.45) is 3.92.